The molecule has 0 radical (unpaired) electrons. The zero-order valence-corrected chi connectivity index (χ0v) is 14.5. The summed E-state index contributed by atoms with van der Waals surface area (Å²) >= 11 is 0. The Morgan fingerprint density at radius 2 is 1.78 bits per heavy atom. The number of hydrogen-bond donors (Lipinski definition) is 1. The lowest BCUT2D eigenvalue weighted by Crippen LogP contribution is -2.27. The maximum Gasteiger partial charge on any atom is 0.253 e. The standard InChI is InChI=1S/C19H17N7O/c27-19(25-11-3-4-12-25)13-7-9-14(10-8-13)20-17-18-22-23-24-26(18)16-6-2-1-5-15(16)21-17/h1-2,5-10H,3-4,11-12H2,(H,20,21). The van der Waals surface area contributed by atoms with Crippen molar-refractivity contribution in [2.75, 3.05) is 18.4 Å². The van der Waals surface area contributed by atoms with Gasteiger partial charge in [0, 0.05) is 24.3 Å². The number of carbonyl (C=O) groups is 1. The molecular formula is C19H17N7O. The number of fused-ring (bicyclic) bond motifs is 3. The Hall–Kier alpha value is -3.55. The minimum atomic E-state index is 0.0897. The number of carbonyl (C=O) groups excluding carboxylic acids is 1. The van der Waals surface area contributed by atoms with Crippen LogP contribution in [0.25, 0.3) is 16.7 Å². The molecule has 0 bridgehead atoms. The van der Waals surface area contributed by atoms with E-state index < -0.39 is 0 Å². The van der Waals surface area contributed by atoms with E-state index >= 15 is 0 Å². The van der Waals surface area contributed by atoms with E-state index in [1.165, 1.54) is 0 Å². The van der Waals surface area contributed by atoms with Crippen molar-refractivity contribution in [3.05, 3.63) is 54.1 Å². The van der Waals surface area contributed by atoms with E-state index in [1.54, 1.807) is 4.52 Å². The maximum absolute atomic E-state index is 12.5. The molecule has 27 heavy (non-hydrogen) atoms. The van der Waals surface area contributed by atoms with Gasteiger partial charge in [0.2, 0.25) is 5.65 Å². The number of anilines is 2. The van der Waals surface area contributed by atoms with Gasteiger partial charge in [-0.2, -0.15) is 4.52 Å². The number of nitrogens with zero attached hydrogens (tertiary/aromatic N) is 6. The second-order valence-corrected chi connectivity index (χ2v) is 6.57. The van der Waals surface area contributed by atoms with E-state index in [9.17, 15) is 4.79 Å². The molecule has 1 aliphatic rings. The second kappa shape index (κ2) is 6.31. The fourth-order valence-electron chi connectivity index (χ4n) is 3.42. The zero-order chi connectivity index (χ0) is 18.2. The van der Waals surface area contributed by atoms with E-state index in [1.807, 2.05) is 53.4 Å². The van der Waals surface area contributed by atoms with Crippen molar-refractivity contribution in [1.29, 1.82) is 0 Å². The van der Waals surface area contributed by atoms with Crippen molar-refractivity contribution in [1.82, 2.24) is 29.9 Å². The lowest BCUT2D eigenvalue weighted by molar-refractivity contribution is 0.0793. The number of amides is 1. The summed E-state index contributed by atoms with van der Waals surface area (Å²) in [7, 11) is 0. The lowest BCUT2D eigenvalue weighted by Gasteiger charge is -2.15. The first-order chi connectivity index (χ1) is 13.3. The van der Waals surface area contributed by atoms with Crippen LogP contribution in [-0.4, -0.2) is 48.9 Å². The van der Waals surface area contributed by atoms with Crippen molar-refractivity contribution in [2.24, 2.45) is 0 Å². The number of para-hydroxylation sites is 2. The fraction of sp³-hybridized carbons (Fsp3) is 0.211. The molecule has 0 unspecified atom stereocenters. The first kappa shape index (κ1) is 15.7. The van der Waals surface area contributed by atoms with Crippen molar-refractivity contribution in [3.63, 3.8) is 0 Å². The Morgan fingerprint density at radius 3 is 2.59 bits per heavy atom. The van der Waals surface area contributed by atoms with Crippen LogP contribution in [0.2, 0.25) is 0 Å². The number of rotatable bonds is 3. The molecule has 134 valence electrons. The predicted octanol–water partition coefficient (Wildman–Crippen LogP) is 2.65. The normalized spacial score (nSPS) is 14.1. The van der Waals surface area contributed by atoms with Crippen LogP contribution in [0.4, 0.5) is 11.5 Å². The van der Waals surface area contributed by atoms with Crippen LogP contribution < -0.4 is 5.32 Å². The van der Waals surface area contributed by atoms with E-state index in [0.717, 1.165) is 42.7 Å². The van der Waals surface area contributed by atoms with Gasteiger partial charge in [0.1, 0.15) is 0 Å². The highest BCUT2D eigenvalue weighted by molar-refractivity contribution is 5.95. The summed E-state index contributed by atoms with van der Waals surface area (Å²) in [5.74, 6) is 0.657. The predicted molar refractivity (Wildman–Crippen MR) is 101 cm³/mol. The van der Waals surface area contributed by atoms with Crippen molar-refractivity contribution in [2.45, 2.75) is 12.8 Å². The lowest BCUT2D eigenvalue weighted by atomic mass is 10.2. The second-order valence-electron chi connectivity index (χ2n) is 6.57. The van der Waals surface area contributed by atoms with Crippen LogP contribution in [-0.2, 0) is 0 Å². The molecule has 8 heteroatoms. The van der Waals surface area contributed by atoms with Crippen molar-refractivity contribution >= 4 is 34.1 Å². The molecule has 0 spiro atoms. The molecule has 4 aromatic rings. The van der Waals surface area contributed by atoms with Crippen LogP contribution >= 0.6 is 0 Å². The number of hydrogen-bond acceptors (Lipinski definition) is 6. The molecule has 2 aromatic heterocycles. The maximum atomic E-state index is 12.5. The monoisotopic (exact) mass is 359 g/mol. The molecule has 0 saturated carbocycles. The molecule has 1 fully saturated rings. The first-order valence-corrected chi connectivity index (χ1v) is 8.93. The number of likely N-dealkylation sites (tertiary alicyclic amines) is 1. The summed E-state index contributed by atoms with van der Waals surface area (Å²) in [4.78, 5) is 19.0. The van der Waals surface area contributed by atoms with Gasteiger partial charge in [-0.05, 0) is 59.7 Å². The van der Waals surface area contributed by atoms with E-state index in [2.05, 4.69) is 25.8 Å². The smallest absolute Gasteiger partial charge is 0.253 e. The summed E-state index contributed by atoms with van der Waals surface area (Å²) in [5, 5.41) is 15.2. The molecule has 1 saturated heterocycles. The Balaban J connectivity index is 1.46. The largest absolute Gasteiger partial charge is 0.339 e. The molecule has 1 N–H and O–H groups in total. The molecule has 2 aromatic carbocycles. The average molecular weight is 359 g/mol. The van der Waals surface area contributed by atoms with Gasteiger partial charge >= 0.3 is 0 Å². The summed E-state index contributed by atoms with van der Waals surface area (Å²) in [6, 6.07) is 15.1. The summed E-state index contributed by atoms with van der Waals surface area (Å²) in [6.07, 6.45) is 2.17. The van der Waals surface area contributed by atoms with Crippen LogP contribution in [0, 0.1) is 0 Å². The van der Waals surface area contributed by atoms with Gasteiger partial charge in [0.05, 0.1) is 11.0 Å². The number of aromatic nitrogens is 5. The highest BCUT2D eigenvalue weighted by atomic mass is 16.2. The van der Waals surface area contributed by atoms with Crippen molar-refractivity contribution in [3.8, 4) is 0 Å². The Morgan fingerprint density at radius 1 is 1.00 bits per heavy atom. The van der Waals surface area contributed by atoms with Gasteiger partial charge in [-0.15, -0.1) is 5.10 Å². The third-order valence-electron chi connectivity index (χ3n) is 4.81. The molecule has 3 heterocycles. The van der Waals surface area contributed by atoms with E-state index in [-0.39, 0.29) is 5.91 Å². The minimum absolute atomic E-state index is 0.0897. The molecule has 1 amide bonds. The van der Waals surface area contributed by atoms with Gasteiger partial charge in [-0.25, -0.2) is 4.98 Å². The van der Waals surface area contributed by atoms with E-state index in [4.69, 9.17) is 0 Å². The average Bonchev–Trinajstić information content (AvgIpc) is 3.40. The topological polar surface area (TPSA) is 88.3 Å². The SMILES string of the molecule is O=C(c1ccc(Nc2nc3ccccc3n3nnnc23)cc1)N1CCCC1. The minimum Gasteiger partial charge on any atom is -0.339 e. The summed E-state index contributed by atoms with van der Waals surface area (Å²) in [5.41, 5.74) is 3.70. The summed E-state index contributed by atoms with van der Waals surface area (Å²) < 4.78 is 1.66. The highest BCUT2D eigenvalue weighted by Gasteiger charge is 2.19. The fourth-order valence-corrected chi connectivity index (χ4v) is 3.42. The van der Waals surface area contributed by atoms with Crippen LogP contribution in [0.3, 0.4) is 0 Å². The van der Waals surface area contributed by atoms with Gasteiger partial charge in [-0.1, -0.05) is 12.1 Å². The first-order valence-electron chi connectivity index (χ1n) is 8.93. The molecule has 0 atom stereocenters. The van der Waals surface area contributed by atoms with Gasteiger partial charge < -0.3 is 10.2 Å². The Bertz CT molecular complexity index is 1130. The number of benzene rings is 2. The van der Waals surface area contributed by atoms with Crippen LogP contribution in [0.1, 0.15) is 23.2 Å². The third-order valence-corrected chi connectivity index (χ3v) is 4.81. The summed E-state index contributed by atoms with van der Waals surface area (Å²) in [6.45, 7) is 1.69. The molecule has 0 aliphatic carbocycles. The van der Waals surface area contributed by atoms with Gasteiger partial charge in [0.15, 0.2) is 5.82 Å². The quantitative estimate of drug-likeness (QED) is 0.605. The molecule has 8 nitrogen and oxygen atoms in total. The number of nitrogens with one attached hydrogen (secondary N) is 1. The van der Waals surface area contributed by atoms with Gasteiger partial charge in [0.25, 0.3) is 5.91 Å². The molecule has 1 aliphatic heterocycles. The molecular weight excluding hydrogens is 342 g/mol. The Kier molecular flexibility index (Phi) is 3.67. The Labute approximate surface area is 154 Å². The third kappa shape index (κ3) is 2.75. The zero-order valence-electron chi connectivity index (χ0n) is 14.5. The van der Waals surface area contributed by atoms with E-state index in [0.29, 0.717) is 17.0 Å². The van der Waals surface area contributed by atoms with Gasteiger partial charge in [-0.3, -0.25) is 4.79 Å². The van der Waals surface area contributed by atoms with Crippen LogP contribution in [0.15, 0.2) is 48.5 Å². The van der Waals surface area contributed by atoms with Crippen LogP contribution in [0.5, 0.6) is 0 Å². The molecule has 5 rings (SSSR count). The highest BCUT2D eigenvalue weighted by Crippen LogP contribution is 2.23. The number of tetrazole rings is 1. The van der Waals surface area contributed by atoms with Crippen molar-refractivity contribution < 1.29 is 4.79 Å².